The number of aromatic nitrogens is 2. The lowest BCUT2D eigenvalue weighted by molar-refractivity contribution is 0.544. The Hall–Kier alpha value is -0.560. The summed E-state index contributed by atoms with van der Waals surface area (Å²) in [5, 5.41) is 9.13. The fraction of sp³-hybridized carbons (Fsp3) is 0.700. The zero-order valence-corrected chi connectivity index (χ0v) is 34.0. The van der Waals surface area contributed by atoms with Crippen LogP contribution in [0.4, 0.5) is 0 Å². The first kappa shape index (κ1) is 39.9. The first-order chi connectivity index (χ1) is 22.6. The fourth-order valence-electron chi connectivity index (χ4n) is 6.54. The lowest BCUT2D eigenvalue weighted by atomic mass is 10.0. The third-order valence-corrected chi connectivity index (χ3v) is 12.7. The Kier molecular flexibility index (Phi) is 22.0. The zero-order chi connectivity index (χ0) is 32.7. The van der Waals surface area contributed by atoms with Crippen molar-refractivity contribution in [3.05, 3.63) is 43.1 Å². The van der Waals surface area contributed by atoms with Crippen molar-refractivity contribution in [3.63, 3.8) is 0 Å². The van der Waals surface area contributed by atoms with Gasteiger partial charge in [-0.1, -0.05) is 155 Å². The van der Waals surface area contributed by atoms with Crippen LogP contribution in [-0.2, 0) is 12.8 Å². The van der Waals surface area contributed by atoms with E-state index in [4.69, 9.17) is 0 Å². The van der Waals surface area contributed by atoms with Gasteiger partial charge < -0.3 is 0 Å². The topological polar surface area (TPSA) is 25.8 Å². The summed E-state index contributed by atoms with van der Waals surface area (Å²) in [5.41, 5.74) is 5.09. The van der Waals surface area contributed by atoms with Crippen LogP contribution in [0.2, 0.25) is 0 Å². The predicted octanol–water partition coefficient (Wildman–Crippen LogP) is 15.9. The molecule has 0 bridgehead atoms. The van der Waals surface area contributed by atoms with Crippen LogP contribution in [0.3, 0.4) is 0 Å². The molecule has 3 aromatic heterocycles. The van der Waals surface area contributed by atoms with Gasteiger partial charge in [0.1, 0.15) is 5.69 Å². The highest BCUT2D eigenvalue weighted by Gasteiger charge is 2.16. The minimum absolute atomic E-state index is 1.02. The summed E-state index contributed by atoms with van der Waals surface area (Å²) >= 11 is 11.2. The smallest absolute Gasteiger partial charge is 0.104 e. The van der Waals surface area contributed by atoms with Crippen molar-refractivity contribution >= 4 is 54.5 Å². The predicted molar refractivity (Wildman–Crippen MR) is 214 cm³/mol. The molecule has 0 atom stereocenters. The minimum Gasteiger partial charge on any atom is -0.158 e. The highest BCUT2D eigenvalue weighted by atomic mass is 79.9. The van der Waals surface area contributed by atoms with E-state index >= 15 is 0 Å². The van der Waals surface area contributed by atoms with Crippen LogP contribution in [0.25, 0.3) is 21.0 Å². The second kappa shape index (κ2) is 25.4. The number of aryl methyl sites for hydroxylation is 2. The third-order valence-electron chi connectivity index (χ3n) is 9.31. The maximum absolute atomic E-state index is 4.62. The molecule has 0 radical (unpaired) electrons. The van der Waals surface area contributed by atoms with Crippen molar-refractivity contribution in [2.24, 2.45) is 0 Å². The minimum atomic E-state index is 1.02. The first-order valence-electron chi connectivity index (χ1n) is 19.0. The molecule has 2 nitrogen and oxygen atoms in total. The quantitative estimate of drug-likeness (QED) is 0.0684. The van der Waals surface area contributed by atoms with Crippen molar-refractivity contribution in [2.75, 3.05) is 0 Å². The summed E-state index contributed by atoms with van der Waals surface area (Å²) in [6.45, 7) is 4.59. The van der Waals surface area contributed by atoms with Gasteiger partial charge in [-0.25, -0.2) is 0 Å². The van der Waals surface area contributed by atoms with E-state index in [1.54, 1.807) is 11.3 Å². The number of rotatable bonds is 28. The van der Waals surface area contributed by atoms with Gasteiger partial charge >= 0.3 is 0 Å². The van der Waals surface area contributed by atoms with Crippen molar-refractivity contribution < 1.29 is 0 Å². The molecule has 46 heavy (non-hydrogen) atoms. The summed E-state index contributed by atoms with van der Waals surface area (Å²) in [7, 11) is 0. The zero-order valence-electron chi connectivity index (χ0n) is 29.2. The van der Waals surface area contributed by atoms with Crippen LogP contribution >= 0.6 is 54.5 Å². The molecule has 0 fully saturated rings. The molecular weight excluding hydrogens is 732 g/mol. The van der Waals surface area contributed by atoms with E-state index in [9.17, 15) is 0 Å². The Balaban J connectivity index is 1.41. The number of halogens is 2. The van der Waals surface area contributed by atoms with Crippen molar-refractivity contribution in [1.82, 2.24) is 10.2 Å². The summed E-state index contributed by atoms with van der Waals surface area (Å²) in [4.78, 5) is 2.63. The molecule has 0 aliphatic rings. The Bertz CT molecular complexity index is 1100. The molecule has 0 spiro atoms. The van der Waals surface area contributed by atoms with E-state index in [0.29, 0.717) is 0 Å². The van der Waals surface area contributed by atoms with Gasteiger partial charge in [-0.05, 0) is 86.9 Å². The molecule has 3 rings (SSSR count). The normalized spacial score (nSPS) is 11.6. The number of hydrogen-bond donors (Lipinski definition) is 0. The Morgan fingerprint density at radius 2 is 0.848 bits per heavy atom. The maximum atomic E-state index is 4.62. The van der Waals surface area contributed by atoms with Crippen LogP contribution in [0.5, 0.6) is 0 Å². The van der Waals surface area contributed by atoms with Gasteiger partial charge in [0.15, 0.2) is 0 Å². The van der Waals surface area contributed by atoms with Gasteiger partial charge in [-0.15, -0.1) is 27.8 Å². The van der Waals surface area contributed by atoms with Crippen LogP contribution in [-0.4, -0.2) is 10.2 Å². The molecule has 0 saturated heterocycles. The highest BCUT2D eigenvalue weighted by Crippen LogP contribution is 2.40. The first-order valence-corrected chi connectivity index (χ1v) is 22.2. The van der Waals surface area contributed by atoms with Gasteiger partial charge in [0.2, 0.25) is 0 Å². The molecule has 3 aromatic rings. The number of nitrogens with zero attached hydrogens (tertiary/aromatic N) is 2. The molecule has 0 amide bonds. The molecule has 258 valence electrons. The van der Waals surface area contributed by atoms with E-state index in [1.807, 2.05) is 17.5 Å². The third kappa shape index (κ3) is 16.2. The number of thiophene rings is 2. The van der Waals surface area contributed by atoms with Gasteiger partial charge in [0.05, 0.1) is 18.6 Å². The van der Waals surface area contributed by atoms with Gasteiger partial charge in [0.25, 0.3) is 0 Å². The maximum Gasteiger partial charge on any atom is 0.104 e. The number of hydrogen-bond acceptors (Lipinski definition) is 4. The average molecular weight is 795 g/mol. The van der Waals surface area contributed by atoms with Crippen LogP contribution in [0.1, 0.15) is 179 Å². The molecule has 0 aliphatic heterocycles. The Morgan fingerprint density at radius 1 is 0.478 bits per heavy atom. The average Bonchev–Trinajstić information content (AvgIpc) is 3.63. The van der Waals surface area contributed by atoms with E-state index in [2.05, 4.69) is 74.1 Å². The van der Waals surface area contributed by atoms with E-state index < -0.39 is 0 Å². The summed E-state index contributed by atoms with van der Waals surface area (Å²) < 4.78 is 2.40. The lowest BCUT2D eigenvalue weighted by Crippen LogP contribution is -1.93. The fourth-order valence-corrected chi connectivity index (χ4v) is 9.87. The van der Waals surface area contributed by atoms with Gasteiger partial charge in [-0.2, -0.15) is 5.10 Å². The van der Waals surface area contributed by atoms with Gasteiger partial charge in [0, 0.05) is 10.4 Å². The van der Waals surface area contributed by atoms with Crippen LogP contribution in [0, 0.1) is 0 Å². The van der Waals surface area contributed by atoms with Gasteiger partial charge in [-0.3, -0.25) is 0 Å². The van der Waals surface area contributed by atoms with E-state index in [0.717, 1.165) is 18.5 Å². The van der Waals surface area contributed by atoms with Crippen LogP contribution in [0.15, 0.2) is 32.0 Å². The second-order valence-corrected chi connectivity index (χ2v) is 18.3. The monoisotopic (exact) mass is 792 g/mol. The molecule has 0 aromatic carbocycles. The van der Waals surface area contributed by atoms with Crippen LogP contribution < -0.4 is 0 Å². The standard InChI is InChI=1S/C40H62Br2N2S2/c1-3-5-7-9-11-13-15-17-19-21-23-25-27-33-30-37(41)45-39(33)35-29-36(44-43-32-35)40-34(31-38(42)46-40)28-26-24-22-20-18-16-14-12-10-8-6-4-2/h29-32H,3-28H2,1-2H3. The van der Waals surface area contributed by atoms with Crippen molar-refractivity contribution in [2.45, 2.75) is 181 Å². The molecule has 6 heteroatoms. The summed E-state index contributed by atoms with van der Waals surface area (Å²) in [6, 6.07) is 6.92. The molecule has 0 aliphatic carbocycles. The molecule has 0 N–H and O–H groups in total. The molecule has 3 heterocycles. The van der Waals surface area contributed by atoms with E-state index in [-0.39, 0.29) is 0 Å². The van der Waals surface area contributed by atoms with Crippen molar-refractivity contribution in [3.8, 4) is 21.0 Å². The second-order valence-electron chi connectivity index (χ2n) is 13.4. The molecule has 0 saturated carbocycles. The largest absolute Gasteiger partial charge is 0.158 e. The summed E-state index contributed by atoms with van der Waals surface area (Å²) in [6.07, 6.45) is 37.5. The Labute approximate surface area is 307 Å². The SMILES string of the molecule is CCCCCCCCCCCCCCc1cc(Br)sc1-c1cnnc(-c2sc(Br)cc2CCCCCCCCCCCCCC)c1. The molecular formula is C40H62Br2N2S2. The molecule has 0 unspecified atom stereocenters. The number of unbranched alkanes of at least 4 members (excludes halogenated alkanes) is 22. The Morgan fingerprint density at radius 3 is 1.28 bits per heavy atom. The van der Waals surface area contributed by atoms with E-state index in [1.165, 1.54) is 188 Å². The van der Waals surface area contributed by atoms with Crippen molar-refractivity contribution in [1.29, 1.82) is 0 Å². The summed E-state index contributed by atoms with van der Waals surface area (Å²) in [5.74, 6) is 0. The highest BCUT2D eigenvalue weighted by molar-refractivity contribution is 9.11. The lowest BCUT2D eigenvalue weighted by Gasteiger charge is -2.07.